The van der Waals surface area contributed by atoms with Crippen molar-refractivity contribution in [1.82, 2.24) is 19.4 Å². The molecule has 0 aliphatic carbocycles. The van der Waals surface area contributed by atoms with E-state index in [0.29, 0.717) is 6.54 Å². The van der Waals surface area contributed by atoms with E-state index >= 15 is 0 Å². The molecule has 1 atom stereocenters. The highest BCUT2D eigenvalue weighted by Gasteiger charge is 2.30. The van der Waals surface area contributed by atoms with Crippen LogP contribution in [0.25, 0.3) is 0 Å². The fourth-order valence-electron chi connectivity index (χ4n) is 2.57. The summed E-state index contributed by atoms with van der Waals surface area (Å²) in [6, 6.07) is 0.290. The SMILES string of the molecule is CCN1CCCC1CN(C)S(=O)(=O)c1cn[nH]c1N. The molecule has 3 N–H and O–H groups in total. The lowest BCUT2D eigenvalue weighted by Gasteiger charge is -2.27. The van der Waals surface area contributed by atoms with Gasteiger partial charge in [0.25, 0.3) is 0 Å². The largest absolute Gasteiger partial charge is 0.383 e. The molecule has 0 radical (unpaired) electrons. The lowest BCUT2D eigenvalue weighted by molar-refractivity contribution is 0.238. The summed E-state index contributed by atoms with van der Waals surface area (Å²) in [4.78, 5) is 2.36. The smallest absolute Gasteiger partial charge is 0.248 e. The van der Waals surface area contributed by atoms with Crippen LogP contribution in [-0.2, 0) is 10.0 Å². The van der Waals surface area contributed by atoms with Crippen LogP contribution in [0.3, 0.4) is 0 Å². The Hall–Kier alpha value is -1.12. The number of sulfonamides is 1. The van der Waals surface area contributed by atoms with Crippen molar-refractivity contribution in [1.29, 1.82) is 0 Å². The van der Waals surface area contributed by atoms with E-state index < -0.39 is 10.0 Å². The summed E-state index contributed by atoms with van der Waals surface area (Å²) in [6.07, 6.45) is 3.42. The van der Waals surface area contributed by atoms with Crippen molar-refractivity contribution in [2.24, 2.45) is 0 Å². The van der Waals surface area contributed by atoms with E-state index in [9.17, 15) is 8.42 Å². The van der Waals surface area contributed by atoms with E-state index in [1.165, 1.54) is 10.5 Å². The van der Waals surface area contributed by atoms with Gasteiger partial charge in [-0.3, -0.25) is 10.00 Å². The van der Waals surface area contributed by atoms with Crippen molar-refractivity contribution in [3.8, 4) is 0 Å². The van der Waals surface area contributed by atoms with Crippen LogP contribution in [0, 0.1) is 0 Å². The summed E-state index contributed by atoms with van der Waals surface area (Å²) in [5.41, 5.74) is 5.59. The molecule has 7 nitrogen and oxygen atoms in total. The molecular formula is C11H21N5O2S. The number of hydrogen-bond acceptors (Lipinski definition) is 5. The van der Waals surface area contributed by atoms with Gasteiger partial charge in [0.1, 0.15) is 10.7 Å². The van der Waals surface area contributed by atoms with Crippen LogP contribution >= 0.6 is 0 Å². The second kappa shape index (κ2) is 5.48. The van der Waals surface area contributed by atoms with Crippen molar-refractivity contribution in [3.63, 3.8) is 0 Å². The Morgan fingerprint density at radius 3 is 2.95 bits per heavy atom. The van der Waals surface area contributed by atoms with Crippen molar-refractivity contribution in [2.75, 3.05) is 32.4 Å². The zero-order chi connectivity index (χ0) is 14.0. The number of hydrogen-bond donors (Lipinski definition) is 2. The molecule has 1 fully saturated rings. The van der Waals surface area contributed by atoms with Crippen LogP contribution < -0.4 is 5.73 Å². The number of H-pyrrole nitrogens is 1. The number of likely N-dealkylation sites (tertiary alicyclic amines) is 1. The molecule has 1 aliphatic rings. The van der Waals surface area contributed by atoms with Gasteiger partial charge in [0.15, 0.2) is 0 Å². The first-order chi connectivity index (χ1) is 8.96. The van der Waals surface area contributed by atoms with Gasteiger partial charge in [-0.15, -0.1) is 0 Å². The first-order valence-electron chi connectivity index (χ1n) is 6.46. The van der Waals surface area contributed by atoms with Gasteiger partial charge in [-0.05, 0) is 25.9 Å². The number of anilines is 1. The number of likely N-dealkylation sites (N-methyl/N-ethyl adjacent to an activating group) is 2. The number of aromatic nitrogens is 2. The minimum Gasteiger partial charge on any atom is -0.383 e. The van der Waals surface area contributed by atoms with Crippen LogP contribution in [0.1, 0.15) is 19.8 Å². The van der Waals surface area contributed by atoms with Crippen molar-refractivity contribution >= 4 is 15.8 Å². The molecule has 0 bridgehead atoms. The number of nitrogens with two attached hydrogens (primary N) is 1. The van der Waals surface area contributed by atoms with Gasteiger partial charge >= 0.3 is 0 Å². The molecule has 19 heavy (non-hydrogen) atoms. The van der Waals surface area contributed by atoms with E-state index in [1.807, 2.05) is 0 Å². The Labute approximate surface area is 113 Å². The lowest BCUT2D eigenvalue weighted by Crippen LogP contribution is -2.41. The maximum absolute atomic E-state index is 12.4. The zero-order valence-corrected chi connectivity index (χ0v) is 12.2. The maximum Gasteiger partial charge on any atom is 0.248 e. The van der Waals surface area contributed by atoms with Gasteiger partial charge < -0.3 is 5.73 Å². The summed E-state index contributed by atoms with van der Waals surface area (Å²) in [5, 5.41) is 6.12. The van der Waals surface area contributed by atoms with Gasteiger partial charge in [0.2, 0.25) is 10.0 Å². The number of nitrogens with one attached hydrogen (secondary N) is 1. The Kier molecular flexibility index (Phi) is 4.12. The first-order valence-corrected chi connectivity index (χ1v) is 7.90. The molecule has 1 aliphatic heterocycles. The highest BCUT2D eigenvalue weighted by atomic mass is 32.2. The molecule has 2 rings (SSSR count). The minimum absolute atomic E-state index is 0.0519. The van der Waals surface area contributed by atoms with Crippen LogP contribution in [-0.4, -0.2) is 60.5 Å². The maximum atomic E-state index is 12.4. The number of rotatable bonds is 5. The second-order valence-corrected chi connectivity index (χ2v) is 6.87. The third kappa shape index (κ3) is 2.75. The number of aromatic amines is 1. The van der Waals surface area contributed by atoms with Crippen LogP contribution in [0.5, 0.6) is 0 Å². The lowest BCUT2D eigenvalue weighted by atomic mass is 10.2. The Bertz CT molecular complexity index is 527. The number of nitrogens with zero attached hydrogens (tertiary/aromatic N) is 3. The highest BCUT2D eigenvalue weighted by Crippen LogP contribution is 2.22. The molecule has 0 spiro atoms. The molecule has 0 amide bonds. The molecular weight excluding hydrogens is 266 g/mol. The summed E-state index contributed by atoms with van der Waals surface area (Å²) < 4.78 is 26.1. The van der Waals surface area contributed by atoms with Gasteiger partial charge in [0, 0.05) is 19.6 Å². The van der Waals surface area contributed by atoms with E-state index in [4.69, 9.17) is 5.73 Å². The van der Waals surface area contributed by atoms with Gasteiger partial charge in [-0.2, -0.15) is 9.40 Å². The molecule has 1 aromatic heterocycles. The molecule has 108 valence electrons. The Morgan fingerprint density at radius 2 is 2.37 bits per heavy atom. The minimum atomic E-state index is -3.56. The monoisotopic (exact) mass is 287 g/mol. The molecule has 1 unspecified atom stereocenters. The standard InChI is InChI=1S/C11H21N5O2S/c1-3-16-6-4-5-9(16)8-15(2)19(17,18)10-7-13-14-11(10)12/h7,9H,3-6,8H2,1-2H3,(H3,12,13,14). The molecule has 2 heterocycles. The predicted molar refractivity (Wildman–Crippen MR) is 73.1 cm³/mol. The molecule has 0 aromatic carbocycles. The van der Waals surface area contributed by atoms with Crippen LogP contribution in [0.2, 0.25) is 0 Å². The third-order valence-corrected chi connectivity index (χ3v) is 5.54. The fraction of sp³-hybridized carbons (Fsp3) is 0.727. The second-order valence-electron chi connectivity index (χ2n) is 4.86. The summed E-state index contributed by atoms with van der Waals surface area (Å²) >= 11 is 0. The van der Waals surface area contributed by atoms with E-state index in [-0.39, 0.29) is 16.8 Å². The van der Waals surface area contributed by atoms with Gasteiger partial charge in [-0.1, -0.05) is 6.92 Å². The first kappa shape index (κ1) is 14.3. The molecule has 8 heteroatoms. The molecule has 0 saturated carbocycles. The average molecular weight is 287 g/mol. The van der Waals surface area contributed by atoms with E-state index in [1.54, 1.807) is 7.05 Å². The Balaban J connectivity index is 2.11. The quantitative estimate of drug-likeness (QED) is 0.800. The van der Waals surface area contributed by atoms with Crippen LogP contribution in [0.4, 0.5) is 5.82 Å². The Morgan fingerprint density at radius 1 is 1.63 bits per heavy atom. The topological polar surface area (TPSA) is 95.3 Å². The van der Waals surface area contributed by atoms with E-state index in [0.717, 1.165) is 25.9 Å². The van der Waals surface area contributed by atoms with Crippen molar-refractivity contribution in [2.45, 2.75) is 30.7 Å². The molecule has 1 saturated heterocycles. The van der Waals surface area contributed by atoms with Crippen molar-refractivity contribution < 1.29 is 8.42 Å². The highest BCUT2D eigenvalue weighted by molar-refractivity contribution is 7.89. The molecule has 1 aromatic rings. The van der Waals surface area contributed by atoms with Gasteiger partial charge in [-0.25, -0.2) is 8.42 Å². The summed E-state index contributed by atoms with van der Waals surface area (Å²) in [5.74, 6) is 0.0885. The van der Waals surface area contributed by atoms with Gasteiger partial charge in [0.05, 0.1) is 6.20 Å². The van der Waals surface area contributed by atoms with Crippen molar-refractivity contribution in [3.05, 3.63) is 6.20 Å². The van der Waals surface area contributed by atoms with E-state index in [2.05, 4.69) is 22.0 Å². The average Bonchev–Trinajstić information content (AvgIpc) is 2.97. The zero-order valence-electron chi connectivity index (χ0n) is 11.3. The summed E-state index contributed by atoms with van der Waals surface area (Å²) in [6.45, 7) is 4.58. The number of nitrogen functional groups attached to an aromatic ring is 1. The fourth-order valence-corrected chi connectivity index (χ4v) is 3.79. The summed E-state index contributed by atoms with van der Waals surface area (Å²) in [7, 11) is -1.97. The van der Waals surface area contributed by atoms with Crippen LogP contribution in [0.15, 0.2) is 11.1 Å². The predicted octanol–water partition coefficient (Wildman–Crippen LogP) is 0.0967. The third-order valence-electron chi connectivity index (χ3n) is 3.69. The normalized spacial score (nSPS) is 21.3.